The minimum atomic E-state index is -3.77. The molecule has 0 saturated heterocycles. The second-order valence-electron chi connectivity index (χ2n) is 7.16. The molecule has 0 unspecified atom stereocenters. The number of benzene rings is 3. The molecule has 1 amide bonds. The number of ether oxygens (including phenoxy) is 2. The summed E-state index contributed by atoms with van der Waals surface area (Å²) in [7, 11) is -3.77. The molecule has 0 radical (unpaired) electrons. The number of anilines is 1. The van der Waals surface area contributed by atoms with Crippen molar-refractivity contribution in [2.75, 3.05) is 17.9 Å². The van der Waals surface area contributed by atoms with E-state index in [9.17, 15) is 13.2 Å². The molecule has 0 aliphatic rings. The van der Waals surface area contributed by atoms with Gasteiger partial charge in [-0.1, -0.05) is 23.7 Å². The van der Waals surface area contributed by atoms with Gasteiger partial charge < -0.3 is 14.8 Å². The van der Waals surface area contributed by atoms with Crippen LogP contribution in [0.4, 0.5) is 5.69 Å². The normalized spacial score (nSPS) is 12.0. The van der Waals surface area contributed by atoms with Crippen LogP contribution in [0.2, 0.25) is 5.02 Å². The number of carbonyl (C=O) groups is 1. The quantitative estimate of drug-likeness (QED) is 0.427. The Kier molecular flexibility index (Phi) is 8.19. The predicted molar refractivity (Wildman–Crippen MR) is 128 cm³/mol. The van der Waals surface area contributed by atoms with Crippen molar-refractivity contribution < 1.29 is 22.7 Å². The van der Waals surface area contributed by atoms with E-state index in [1.165, 1.54) is 24.3 Å². The van der Waals surface area contributed by atoms with Crippen molar-refractivity contribution in [3.63, 3.8) is 0 Å². The highest BCUT2D eigenvalue weighted by Gasteiger charge is 2.15. The van der Waals surface area contributed by atoms with Gasteiger partial charge in [0, 0.05) is 10.7 Å². The van der Waals surface area contributed by atoms with E-state index in [1.807, 2.05) is 26.0 Å². The average molecular weight is 489 g/mol. The Morgan fingerprint density at radius 2 is 1.48 bits per heavy atom. The van der Waals surface area contributed by atoms with Crippen LogP contribution in [0.3, 0.4) is 0 Å². The largest absolute Gasteiger partial charge is 0.494 e. The zero-order valence-corrected chi connectivity index (χ0v) is 19.8. The second kappa shape index (κ2) is 11.1. The minimum absolute atomic E-state index is 0.0737. The molecule has 174 valence electrons. The maximum Gasteiger partial charge on any atom is 0.261 e. The third-order valence-electron chi connectivity index (χ3n) is 4.67. The van der Waals surface area contributed by atoms with Crippen LogP contribution in [0.15, 0.2) is 77.7 Å². The lowest BCUT2D eigenvalue weighted by Gasteiger charge is -2.15. The summed E-state index contributed by atoms with van der Waals surface area (Å²) in [6, 6.07) is 19.5. The highest BCUT2D eigenvalue weighted by Crippen LogP contribution is 2.21. The molecule has 0 aliphatic carbocycles. The highest BCUT2D eigenvalue weighted by molar-refractivity contribution is 7.92. The van der Waals surface area contributed by atoms with Crippen molar-refractivity contribution in [3.05, 3.63) is 83.4 Å². The van der Waals surface area contributed by atoms with E-state index in [0.717, 1.165) is 5.56 Å². The third-order valence-corrected chi connectivity index (χ3v) is 6.32. The number of nitrogens with one attached hydrogen (secondary N) is 2. The molecule has 3 aromatic carbocycles. The summed E-state index contributed by atoms with van der Waals surface area (Å²) in [4.78, 5) is 12.3. The lowest BCUT2D eigenvalue weighted by atomic mass is 10.1. The van der Waals surface area contributed by atoms with E-state index < -0.39 is 10.0 Å². The van der Waals surface area contributed by atoms with Crippen LogP contribution in [0.1, 0.15) is 25.5 Å². The molecule has 0 aliphatic heterocycles. The van der Waals surface area contributed by atoms with Gasteiger partial charge in [0.2, 0.25) is 0 Å². The lowest BCUT2D eigenvalue weighted by molar-refractivity contribution is -0.123. The first-order valence-corrected chi connectivity index (χ1v) is 12.2. The van der Waals surface area contributed by atoms with Gasteiger partial charge in [-0.3, -0.25) is 9.52 Å². The Hall–Kier alpha value is -3.23. The van der Waals surface area contributed by atoms with Gasteiger partial charge in [0.25, 0.3) is 15.9 Å². The van der Waals surface area contributed by atoms with Crippen LogP contribution in [-0.2, 0) is 14.8 Å². The zero-order valence-electron chi connectivity index (χ0n) is 18.2. The number of hydrogen-bond donors (Lipinski definition) is 2. The van der Waals surface area contributed by atoms with Crippen molar-refractivity contribution in [2.45, 2.75) is 24.8 Å². The van der Waals surface area contributed by atoms with E-state index in [1.54, 1.807) is 36.4 Å². The van der Waals surface area contributed by atoms with Crippen molar-refractivity contribution >= 4 is 33.2 Å². The first-order chi connectivity index (χ1) is 15.8. The van der Waals surface area contributed by atoms with Crippen LogP contribution in [0.25, 0.3) is 0 Å². The van der Waals surface area contributed by atoms with Crippen molar-refractivity contribution in [1.82, 2.24) is 5.32 Å². The molecule has 0 fully saturated rings. The Morgan fingerprint density at radius 1 is 0.909 bits per heavy atom. The van der Waals surface area contributed by atoms with Gasteiger partial charge in [-0.25, -0.2) is 8.42 Å². The fourth-order valence-electron chi connectivity index (χ4n) is 2.98. The Labute approximate surface area is 198 Å². The van der Waals surface area contributed by atoms with E-state index in [0.29, 0.717) is 28.8 Å². The van der Waals surface area contributed by atoms with Gasteiger partial charge in [0.1, 0.15) is 11.5 Å². The van der Waals surface area contributed by atoms with Crippen molar-refractivity contribution in [1.29, 1.82) is 0 Å². The maximum atomic E-state index is 12.6. The second-order valence-corrected chi connectivity index (χ2v) is 9.28. The first-order valence-electron chi connectivity index (χ1n) is 10.3. The molecule has 0 saturated carbocycles. The number of sulfonamides is 1. The van der Waals surface area contributed by atoms with Gasteiger partial charge in [-0.15, -0.1) is 0 Å². The van der Waals surface area contributed by atoms with Gasteiger partial charge in [0.15, 0.2) is 6.61 Å². The number of halogens is 1. The monoisotopic (exact) mass is 488 g/mol. The average Bonchev–Trinajstić information content (AvgIpc) is 2.80. The molecule has 3 rings (SSSR count). The van der Waals surface area contributed by atoms with Gasteiger partial charge in [-0.2, -0.15) is 0 Å². The van der Waals surface area contributed by atoms with Crippen LogP contribution < -0.4 is 19.5 Å². The molecule has 33 heavy (non-hydrogen) atoms. The number of rotatable bonds is 10. The molecule has 0 spiro atoms. The number of amides is 1. The van der Waals surface area contributed by atoms with Gasteiger partial charge in [0.05, 0.1) is 17.5 Å². The lowest BCUT2D eigenvalue weighted by Crippen LogP contribution is -2.31. The Balaban J connectivity index is 1.53. The molecule has 9 heteroatoms. The summed E-state index contributed by atoms with van der Waals surface area (Å²) in [5.74, 6) is 0.740. The number of carbonyl (C=O) groups excluding carboxylic acids is 1. The predicted octanol–water partition coefficient (Wildman–Crippen LogP) is 4.80. The number of hydrogen-bond acceptors (Lipinski definition) is 5. The van der Waals surface area contributed by atoms with Gasteiger partial charge in [-0.05, 0) is 80.1 Å². The third kappa shape index (κ3) is 7.13. The molecule has 7 nitrogen and oxygen atoms in total. The van der Waals surface area contributed by atoms with E-state index in [4.69, 9.17) is 21.1 Å². The van der Waals surface area contributed by atoms with E-state index in [2.05, 4.69) is 10.0 Å². The molecule has 1 atom stereocenters. The highest BCUT2D eigenvalue weighted by atomic mass is 35.5. The van der Waals surface area contributed by atoms with Crippen molar-refractivity contribution in [2.24, 2.45) is 0 Å². The molecule has 0 aromatic heterocycles. The minimum Gasteiger partial charge on any atom is -0.494 e. The fraction of sp³-hybridized carbons (Fsp3) is 0.208. The molecule has 3 aromatic rings. The standard InChI is InChI=1S/C24H25ClN2O5S/c1-3-31-21-10-8-20(9-11-21)27-33(29,30)23-14-12-22(13-15-23)32-16-24(28)26-17(2)18-4-6-19(25)7-5-18/h4-15,17,27H,3,16H2,1-2H3,(H,26,28)/t17-/m0/s1. The smallest absolute Gasteiger partial charge is 0.261 e. The Bertz CT molecular complexity index is 1160. The summed E-state index contributed by atoms with van der Waals surface area (Å²) in [5.41, 5.74) is 1.34. The fourth-order valence-corrected chi connectivity index (χ4v) is 4.17. The van der Waals surface area contributed by atoms with Crippen LogP contribution in [-0.4, -0.2) is 27.5 Å². The summed E-state index contributed by atoms with van der Waals surface area (Å²) in [6.07, 6.45) is 0. The van der Waals surface area contributed by atoms with Crippen LogP contribution in [0.5, 0.6) is 11.5 Å². The molecule has 0 heterocycles. The molecular formula is C24H25ClN2O5S. The Morgan fingerprint density at radius 3 is 2.09 bits per heavy atom. The first kappa shape index (κ1) is 24.4. The zero-order chi connectivity index (χ0) is 23.8. The molecular weight excluding hydrogens is 464 g/mol. The topological polar surface area (TPSA) is 93.7 Å². The van der Waals surface area contributed by atoms with Crippen molar-refractivity contribution in [3.8, 4) is 11.5 Å². The van der Waals surface area contributed by atoms with E-state index in [-0.39, 0.29) is 23.5 Å². The summed E-state index contributed by atoms with van der Waals surface area (Å²) in [6.45, 7) is 4.06. The summed E-state index contributed by atoms with van der Waals surface area (Å²) in [5, 5.41) is 3.46. The summed E-state index contributed by atoms with van der Waals surface area (Å²) >= 11 is 5.88. The van der Waals surface area contributed by atoms with Gasteiger partial charge >= 0.3 is 0 Å². The van der Waals surface area contributed by atoms with Crippen LogP contribution >= 0.6 is 11.6 Å². The maximum absolute atomic E-state index is 12.6. The molecule has 2 N–H and O–H groups in total. The van der Waals surface area contributed by atoms with E-state index >= 15 is 0 Å². The van der Waals surface area contributed by atoms with Crippen LogP contribution in [0, 0.1) is 0 Å². The summed E-state index contributed by atoms with van der Waals surface area (Å²) < 4.78 is 38.6. The molecule has 0 bridgehead atoms. The SMILES string of the molecule is CCOc1ccc(NS(=O)(=O)c2ccc(OCC(=O)N[C@@H](C)c3ccc(Cl)cc3)cc2)cc1.